The highest BCUT2D eigenvalue weighted by Crippen LogP contribution is 2.50. The summed E-state index contributed by atoms with van der Waals surface area (Å²) in [4.78, 5) is 81.6. The predicted molar refractivity (Wildman–Crippen MR) is 264 cm³/mol. The number of ether oxygens (including phenoxy) is 1. The Balaban J connectivity index is 0.681. The SMILES string of the molecule is Cc1cc(OC2CC3(CCN(CC(=O)Nc4ccc5c(C6CCC(=O)NC6=O)nn(C)c5c4)CC3)C2)ccc1-c1ccc(N2CCc3ccnc(C(=O)Nc4nc5ccccc5s4)c3C2)nc1C(=O)O. The van der Waals surface area contributed by atoms with Gasteiger partial charge in [0, 0.05) is 55.0 Å². The number of anilines is 3. The lowest BCUT2D eigenvalue weighted by atomic mass is 9.61. The summed E-state index contributed by atoms with van der Waals surface area (Å²) in [6, 6.07) is 24.6. The van der Waals surface area contributed by atoms with Gasteiger partial charge < -0.3 is 20.1 Å². The number of nitrogens with zero attached hydrogens (tertiary/aromatic N) is 7. The maximum Gasteiger partial charge on any atom is 0.355 e. The van der Waals surface area contributed by atoms with Gasteiger partial charge in [-0.05, 0) is 141 Å². The second kappa shape index (κ2) is 18.1. The summed E-state index contributed by atoms with van der Waals surface area (Å²) in [5.74, 6) is -1.44. The smallest absolute Gasteiger partial charge is 0.355 e. The zero-order valence-electron chi connectivity index (χ0n) is 38.7. The molecule has 4 amide bonds. The van der Waals surface area contributed by atoms with E-state index in [1.165, 1.54) is 11.3 Å². The number of fused-ring (bicyclic) bond motifs is 3. The van der Waals surface area contributed by atoms with Crippen molar-refractivity contribution in [2.45, 2.75) is 70.4 Å². The lowest BCUT2D eigenvalue weighted by Crippen LogP contribution is -2.51. The van der Waals surface area contributed by atoms with Crippen LogP contribution in [0.15, 0.2) is 85.1 Å². The average Bonchev–Trinajstić information content (AvgIpc) is 3.90. The van der Waals surface area contributed by atoms with Gasteiger partial charge in [-0.2, -0.15) is 5.10 Å². The number of carboxylic acids is 1. The minimum Gasteiger partial charge on any atom is -0.490 e. The van der Waals surface area contributed by atoms with Crippen molar-refractivity contribution in [3.05, 3.63) is 119 Å². The van der Waals surface area contributed by atoms with Gasteiger partial charge in [-0.25, -0.2) is 14.8 Å². The van der Waals surface area contributed by atoms with Crippen LogP contribution < -0.4 is 25.6 Å². The van der Waals surface area contributed by atoms with Gasteiger partial charge in [-0.15, -0.1) is 0 Å². The van der Waals surface area contributed by atoms with Crippen LogP contribution in [-0.4, -0.2) is 96.6 Å². The molecule has 0 bridgehead atoms. The van der Waals surface area contributed by atoms with Crippen LogP contribution >= 0.6 is 11.3 Å². The van der Waals surface area contributed by atoms with Crippen molar-refractivity contribution in [3.63, 3.8) is 0 Å². The average molecular weight is 959 g/mol. The summed E-state index contributed by atoms with van der Waals surface area (Å²) in [5.41, 5.74) is 7.23. The van der Waals surface area contributed by atoms with E-state index in [1.807, 2.05) is 90.7 Å². The molecule has 1 unspecified atom stereocenters. The van der Waals surface area contributed by atoms with Gasteiger partial charge in [-0.3, -0.25) is 44.4 Å². The van der Waals surface area contributed by atoms with Crippen LogP contribution in [0.5, 0.6) is 5.75 Å². The zero-order valence-corrected chi connectivity index (χ0v) is 39.5. The lowest BCUT2D eigenvalue weighted by molar-refractivity contribution is -0.134. The molecule has 1 aliphatic carbocycles. The normalized spacial score (nSPS) is 18.1. The molecule has 7 aromatic rings. The molecule has 1 spiro atoms. The van der Waals surface area contributed by atoms with Gasteiger partial charge >= 0.3 is 5.97 Å². The van der Waals surface area contributed by atoms with Crippen molar-refractivity contribution in [2.75, 3.05) is 41.7 Å². The third-order valence-corrected chi connectivity index (χ3v) is 15.4. The highest BCUT2D eigenvalue weighted by Gasteiger charge is 2.47. The number of piperidine rings is 2. The second-order valence-corrected chi connectivity index (χ2v) is 20.0. The van der Waals surface area contributed by atoms with E-state index in [2.05, 4.69) is 40.9 Å². The van der Waals surface area contributed by atoms with Crippen LogP contribution in [0.4, 0.5) is 16.6 Å². The number of thiazole rings is 1. The van der Waals surface area contributed by atoms with E-state index in [0.717, 1.165) is 87.9 Å². The van der Waals surface area contributed by atoms with E-state index < -0.39 is 11.9 Å². The van der Waals surface area contributed by atoms with Gasteiger partial charge in [0.1, 0.15) is 17.3 Å². The molecule has 1 atom stereocenters. The molecule has 3 fully saturated rings. The van der Waals surface area contributed by atoms with Gasteiger partial charge in [-0.1, -0.05) is 29.5 Å². The van der Waals surface area contributed by atoms with Crippen LogP contribution in [0, 0.1) is 12.3 Å². The van der Waals surface area contributed by atoms with Gasteiger partial charge in [0.05, 0.1) is 40.0 Å². The number of carbonyl (C=O) groups is 5. The number of benzene rings is 3. The number of amides is 4. The third-order valence-electron chi connectivity index (χ3n) is 14.4. The van der Waals surface area contributed by atoms with E-state index in [4.69, 9.17) is 4.74 Å². The van der Waals surface area contributed by atoms with Crippen molar-refractivity contribution in [3.8, 4) is 16.9 Å². The van der Waals surface area contributed by atoms with E-state index in [9.17, 15) is 29.1 Å². The van der Waals surface area contributed by atoms with Gasteiger partial charge in [0.15, 0.2) is 10.8 Å². The van der Waals surface area contributed by atoms with Crippen molar-refractivity contribution < 1.29 is 33.8 Å². The molecule has 3 aliphatic heterocycles. The zero-order chi connectivity index (χ0) is 48.3. The quantitative estimate of drug-likeness (QED) is 0.0943. The molecule has 1 saturated carbocycles. The first-order valence-corrected chi connectivity index (χ1v) is 24.4. The Labute approximate surface area is 406 Å². The lowest BCUT2D eigenvalue weighted by Gasteiger charge is -2.51. The number of nitrogens with one attached hydrogen (secondary N) is 3. The number of rotatable bonds is 11. The molecule has 356 valence electrons. The first-order chi connectivity index (χ1) is 33.8. The molecular weight excluding hydrogens is 909 g/mol. The van der Waals surface area contributed by atoms with E-state index in [1.54, 1.807) is 17.9 Å². The number of aromatic carboxylic acids is 1. The molecule has 2 saturated heterocycles. The topological polar surface area (TPSA) is 214 Å². The van der Waals surface area contributed by atoms with Crippen molar-refractivity contribution >= 4 is 78.7 Å². The van der Waals surface area contributed by atoms with Crippen LogP contribution in [0.2, 0.25) is 0 Å². The highest BCUT2D eigenvalue weighted by molar-refractivity contribution is 7.22. The number of para-hydroxylation sites is 1. The number of imide groups is 1. The summed E-state index contributed by atoms with van der Waals surface area (Å²) in [6.45, 7) is 4.79. The predicted octanol–water partition coefficient (Wildman–Crippen LogP) is 7.24. The number of carboxylic acid groups (broad SMARTS) is 1. The van der Waals surface area contributed by atoms with Gasteiger partial charge in [0.2, 0.25) is 17.7 Å². The summed E-state index contributed by atoms with van der Waals surface area (Å²) in [7, 11) is 1.80. The fourth-order valence-corrected chi connectivity index (χ4v) is 11.6. The minimum absolute atomic E-state index is 0.0573. The Hall–Kier alpha value is -7.57. The van der Waals surface area contributed by atoms with E-state index in [0.29, 0.717) is 59.5 Å². The number of aryl methyl sites for hydroxylation is 2. The first kappa shape index (κ1) is 44.9. The highest BCUT2D eigenvalue weighted by atomic mass is 32.1. The minimum atomic E-state index is -1.14. The Morgan fingerprint density at radius 2 is 1.73 bits per heavy atom. The largest absolute Gasteiger partial charge is 0.490 e. The van der Waals surface area contributed by atoms with Crippen LogP contribution in [0.1, 0.15) is 87.8 Å². The molecule has 0 radical (unpaired) electrons. The summed E-state index contributed by atoms with van der Waals surface area (Å²) >= 11 is 1.40. The maximum absolute atomic E-state index is 13.6. The Morgan fingerprint density at radius 3 is 2.51 bits per heavy atom. The fraction of sp³-hybridized carbons (Fsp3) is 0.327. The van der Waals surface area contributed by atoms with Crippen LogP contribution in [0.3, 0.4) is 0 Å². The molecule has 18 heteroatoms. The fourth-order valence-electron chi connectivity index (χ4n) is 10.7. The second-order valence-electron chi connectivity index (χ2n) is 19.0. The number of pyridine rings is 2. The molecule has 11 rings (SSSR count). The molecule has 4 aliphatic rings. The molecule has 3 aromatic carbocycles. The third kappa shape index (κ3) is 8.72. The standard InChI is InChI=1S/C52H50N10O7S/c1-29-23-32(69-33-25-52(26-33)17-21-61(22-18-52)28-44(64)54-31-7-9-36-40(24-31)60(2)59-45(36)37-12-14-43(63)57-48(37)65)8-10-34(29)35-11-13-42(56-47(35)50(67)68)62-20-16-30-15-19-53-46(38(30)27-62)49(66)58-51-55-39-5-3-4-6-41(39)70-51/h3-11,13,15,19,23-24,33,37H,12,14,16-18,20-22,25-28H2,1-2H3,(H,54,64)(H,67,68)(H,55,58,66)(H,57,63,65). The summed E-state index contributed by atoms with van der Waals surface area (Å²) < 4.78 is 9.15. The number of hydrogen-bond acceptors (Lipinski definition) is 13. The monoisotopic (exact) mass is 958 g/mol. The van der Waals surface area contributed by atoms with Crippen LogP contribution in [-0.2, 0) is 34.4 Å². The van der Waals surface area contributed by atoms with Crippen molar-refractivity contribution in [1.29, 1.82) is 0 Å². The van der Waals surface area contributed by atoms with Crippen LogP contribution in [0.25, 0.3) is 32.2 Å². The number of likely N-dealkylation sites (tertiary alicyclic amines) is 1. The maximum atomic E-state index is 13.6. The number of hydrogen-bond donors (Lipinski definition) is 4. The summed E-state index contributed by atoms with van der Waals surface area (Å²) in [5, 5.41) is 24.7. The Bertz CT molecular complexity index is 3240. The number of aromatic nitrogens is 5. The molecular formula is C52H50N10O7S. The molecule has 7 heterocycles. The molecule has 4 aromatic heterocycles. The molecule has 17 nitrogen and oxygen atoms in total. The molecule has 4 N–H and O–H groups in total. The first-order valence-electron chi connectivity index (χ1n) is 23.6. The number of carbonyl (C=O) groups excluding carboxylic acids is 4. The Kier molecular flexibility index (Phi) is 11.6. The molecule has 70 heavy (non-hydrogen) atoms. The van der Waals surface area contributed by atoms with Crippen molar-refractivity contribution in [1.82, 2.24) is 34.9 Å². The van der Waals surface area contributed by atoms with E-state index >= 15 is 0 Å². The van der Waals surface area contributed by atoms with E-state index in [-0.39, 0.29) is 53.8 Å². The van der Waals surface area contributed by atoms with Gasteiger partial charge in [0.25, 0.3) is 5.91 Å². The Morgan fingerprint density at radius 1 is 0.914 bits per heavy atom. The van der Waals surface area contributed by atoms with Crippen molar-refractivity contribution in [2.24, 2.45) is 12.5 Å². The summed E-state index contributed by atoms with van der Waals surface area (Å²) in [6.07, 6.45) is 6.86.